The SMILES string of the molecule is COc1ccc(Cl)c(NCC2CCOCO2)c1. The first-order valence-corrected chi connectivity index (χ1v) is 5.94. The van der Waals surface area contributed by atoms with Gasteiger partial charge in [0.2, 0.25) is 0 Å². The topological polar surface area (TPSA) is 39.7 Å². The van der Waals surface area contributed by atoms with Crippen molar-refractivity contribution in [1.29, 1.82) is 0 Å². The first kappa shape index (κ1) is 12.5. The van der Waals surface area contributed by atoms with Crippen molar-refractivity contribution in [2.45, 2.75) is 12.5 Å². The summed E-state index contributed by atoms with van der Waals surface area (Å²) in [6, 6.07) is 5.52. The fraction of sp³-hybridized carbons (Fsp3) is 0.500. The van der Waals surface area contributed by atoms with E-state index in [4.69, 9.17) is 25.8 Å². The van der Waals surface area contributed by atoms with Gasteiger partial charge in [-0.05, 0) is 18.6 Å². The van der Waals surface area contributed by atoms with E-state index in [1.807, 2.05) is 18.2 Å². The van der Waals surface area contributed by atoms with Crippen molar-refractivity contribution in [2.75, 3.05) is 32.4 Å². The molecule has 1 unspecified atom stereocenters. The van der Waals surface area contributed by atoms with Crippen LogP contribution in [0.4, 0.5) is 5.69 Å². The molecule has 17 heavy (non-hydrogen) atoms. The Morgan fingerprint density at radius 1 is 1.53 bits per heavy atom. The van der Waals surface area contributed by atoms with E-state index in [0.29, 0.717) is 11.8 Å². The first-order chi connectivity index (χ1) is 8.29. The van der Waals surface area contributed by atoms with Gasteiger partial charge in [0.05, 0.1) is 30.5 Å². The van der Waals surface area contributed by atoms with Gasteiger partial charge in [-0.2, -0.15) is 0 Å². The summed E-state index contributed by atoms with van der Waals surface area (Å²) in [5.74, 6) is 0.782. The lowest BCUT2D eigenvalue weighted by atomic mass is 10.2. The second kappa shape index (κ2) is 6.10. The zero-order valence-corrected chi connectivity index (χ0v) is 10.5. The number of hydrogen-bond acceptors (Lipinski definition) is 4. The van der Waals surface area contributed by atoms with Crippen molar-refractivity contribution < 1.29 is 14.2 Å². The summed E-state index contributed by atoms with van der Waals surface area (Å²) >= 11 is 6.09. The van der Waals surface area contributed by atoms with Gasteiger partial charge in [0.15, 0.2) is 0 Å². The minimum atomic E-state index is 0.172. The Kier molecular flexibility index (Phi) is 4.48. The molecule has 1 heterocycles. The molecule has 1 aromatic rings. The summed E-state index contributed by atoms with van der Waals surface area (Å²) < 4.78 is 15.7. The first-order valence-electron chi connectivity index (χ1n) is 5.56. The predicted octanol–water partition coefficient (Wildman–Crippen LogP) is 2.52. The molecule has 1 fully saturated rings. The number of hydrogen-bond donors (Lipinski definition) is 1. The Labute approximate surface area is 106 Å². The number of ether oxygens (including phenoxy) is 3. The highest BCUT2D eigenvalue weighted by Crippen LogP contribution is 2.26. The molecule has 5 heteroatoms. The van der Waals surface area contributed by atoms with E-state index in [1.54, 1.807) is 7.11 Å². The third-order valence-corrected chi connectivity index (χ3v) is 2.99. The van der Waals surface area contributed by atoms with Gasteiger partial charge in [-0.25, -0.2) is 0 Å². The van der Waals surface area contributed by atoms with Crippen LogP contribution in [0.25, 0.3) is 0 Å². The molecule has 0 amide bonds. The van der Waals surface area contributed by atoms with E-state index in [9.17, 15) is 0 Å². The summed E-state index contributed by atoms with van der Waals surface area (Å²) in [6.45, 7) is 1.84. The molecule has 0 radical (unpaired) electrons. The molecule has 4 nitrogen and oxygen atoms in total. The number of benzene rings is 1. The molecular formula is C12H16ClNO3. The van der Waals surface area contributed by atoms with Crippen molar-refractivity contribution in [2.24, 2.45) is 0 Å². The molecule has 0 spiro atoms. The minimum absolute atomic E-state index is 0.172. The lowest BCUT2D eigenvalue weighted by Gasteiger charge is -2.23. The zero-order chi connectivity index (χ0) is 12.1. The van der Waals surface area contributed by atoms with Crippen molar-refractivity contribution in [3.63, 3.8) is 0 Å². The fourth-order valence-electron chi connectivity index (χ4n) is 1.65. The number of halogens is 1. The fourth-order valence-corrected chi connectivity index (χ4v) is 1.84. The van der Waals surface area contributed by atoms with Crippen LogP contribution in [0.2, 0.25) is 5.02 Å². The van der Waals surface area contributed by atoms with Gasteiger partial charge in [-0.15, -0.1) is 0 Å². The van der Waals surface area contributed by atoms with Gasteiger partial charge in [0.1, 0.15) is 12.5 Å². The molecule has 0 aromatic heterocycles. The van der Waals surface area contributed by atoms with Gasteiger partial charge in [0.25, 0.3) is 0 Å². The van der Waals surface area contributed by atoms with Crippen molar-refractivity contribution in [1.82, 2.24) is 0 Å². The predicted molar refractivity (Wildman–Crippen MR) is 66.8 cm³/mol. The Morgan fingerprint density at radius 2 is 2.41 bits per heavy atom. The van der Waals surface area contributed by atoms with Gasteiger partial charge in [-0.1, -0.05) is 11.6 Å². The third kappa shape index (κ3) is 3.49. The van der Waals surface area contributed by atoms with Crippen LogP contribution in [0.3, 0.4) is 0 Å². The smallest absolute Gasteiger partial charge is 0.147 e. The Morgan fingerprint density at radius 3 is 3.12 bits per heavy atom. The molecule has 0 aliphatic carbocycles. The molecule has 1 aliphatic heterocycles. The number of methoxy groups -OCH3 is 1. The monoisotopic (exact) mass is 257 g/mol. The van der Waals surface area contributed by atoms with E-state index in [-0.39, 0.29) is 6.10 Å². The summed E-state index contributed by atoms with van der Waals surface area (Å²) in [4.78, 5) is 0. The molecule has 1 atom stereocenters. The van der Waals surface area contributed by atoms with Gasteiger partial charge < -0.3 is 19.5 Å². The quantitative estimate of drug-likeness (QED) is 0.900. The van der Waals surface area contributed by atoms with E-state index in [2.05, 4.69) is 5.32 Å². The van der Waals surface area contributed by atoms with E-state index in [1.165, 1.54) is 0 Å². The minimum Gasteiger partial charge on any atom is -0.497 e. The maximum atomic E-state index is 6.09. The Hall–Kier alpha value is -0.970. The molecule has 0 saturated carbocycles. The van der Waals surface area contributed by atoms with Crippen LogP contribution in [-0.2, 0) is 9.47 Å². The Bertz CT molecular complexity index is 367. The molecular weight excluding hydrogens is 242 g/mol. The standard InChI is InChI=1S/C12H16ClNO3/c1-15-9-2-3-11(13)12(6-9)14-7-10-4-5-16-8-17-10/h2-3,6,10,14H,4-5,7-8H2,1H3. The maximum absolute atomic E-state index is 6.09. The largest absolute Gasteiger partial charge is 0.497 e. The van der Waals surface area contributed by atoms with E-state index >= 15 is 0 Å². The second-order valence-corrected chi connectivity index (χ2v) is 4.24. The molecule has 2 rings (SSSR count). The highest BCUT2D eigenvalue weighted by atomic mass is 35.5. The lowest BCUT2D eigenvalue weighted by Crippen LogP contribution is -2.30. The summed E-state index contributed by atoms with van der Waals surface area (Å²) in [7, 11) is 1.63. The van der Waals surface area contributed by atoms with Crippen molar-refractivity contribution in [3.05, 3.63) is 23.2 Å². The van der Waals surface area contributed by atoms with Crippen LogP contribution < -0.4 is 10.1 Å². The zero-order valence-electron chi connectivity index (χ0n) is 9.74. The highest BCUT2D eigenvalue weighted by Gasteiger charge is 2.14. The molecule has 94 valence electrons. The molecule has 0 bridgehead atoms. The van der Waals surface area contributed by atoms with Crippen LogP contribution in [0.1, 0.15) is 6.42 Å². The van der Waals surface area contributed by atoms with Crippen LogP contribution in [0, 0.1) is 0 Å². The van der Waals surface area contributed by atoms with Crippen molar-refractivity contribution in [3.8, 4) is 5.75 Å². The Balaban J connectivity index is 1.92. The lowest BCUT2D eigenvalue weighted by molar-refractivity contribution is -0.133. The molecule has 1 N–H and O–H groups in total. The third-order valence-electron chi connectivity index (χ3n) is 2.66. The summed E-state index contributed by atoms with van der Waals surface area (Å²) in [5.41, 5.74) is 0.862. The summed E-state index contributed by atoms with van der Waals surface area (Å²) in [6.07, 6.45) is 1.07. The second-order valence-electron chi connectivity index (χ2n) is 3.83. The van der Waals surface area contributed by atoms with Crippen LogP contribution in [-0.4, -0.2) is 33.2 Å². The van der Waals surface area contributed by atoms with Crippen molar-refractivity contribution >= 4 is 17.3 Å². The summed E-state index contributed by atoms with van der Waals surface area (Å²) in [5, 5.41) is 3.94. The van der Waals surface area contributed by atoms with Crippen LogP contribution in [0.15, 0.2) is 18.2 Å². The number of anilines is 1. The number of nitrogens with one attached hydrogen (secondary N) is 1. The average molecular weight is 258 g/mol. The normalized spacial score (nSPS) is 20.0. The average Bonchev–Trinajstić information content (AvgIpc) is 2.39. The molecule has 1 aliphatic rings. The van der Waals surface area contributed by atoms with Gasteiger partial charge in [0, 0.05) is 12.6 Å². The highest BCUT2D eigenvalue weighted by molar-refractivity contribution is 6.33. The van der Waals surface area contributed by atoms with Gasteiger partial charge >= 0.3 is 0 Å². The molecule has 1 aromatic carbocycles. The van der Waals surface area contributed by atoms with Crippen LogP contribution in [0.5, 0.6) is 5.75 Å². The van der Waals surface area contributed by atoms with Gasteiger partial charge in [-0.3, -0.25) is 0 Å². The maximum Gasteiger partial charge on any atom is 0.147 e. The van der Waals surface area contributed by atoms with Crippen LogP contribution >= 0.6 is 11.6 Å². The molecule has 1 saturated heterocycles. The number of rotatable bonds is 4. The van der Waals surface area contributed by atoms with E-state index in [0.717, 1.165) is 31.0 Å². The van der Waals surface area contributed by atoms with E-state index < -0.39 is 0 Å².